The fourth-order valence-electron chi connectivity index (χ4n) is 2.50. The number of carboxylic acids is 1. The highest BCUT2D eigenvalue weighted by molar-refractivity contribution is 8.02. The number of nitrogens with zero attached hydrogens (tertiary/aromatic N) is 5. The number of hydrogen-bond acceptors (Lipinski definition) is 8. The van der Waals surface area contributed by atoms with Gasteiger partial charge in [-0.2, -0.15) is 0 Å². The first kappa shape index (κ1) is 16.3. The van der Waals surface area contributed by atoms with Gasteiger partial charge in [-0.15, -0.1) is 16.9 Å². The van der Waals surface area contributed by atoms with Crippen molar-refractivity contribution >= 4 is 35.4 Å². The predicted molar refractivity (Wildman–Crippen MR) is 84.5 cm³/mol. The average Bonchev–Trinajstić information content (AvgIpc) is 3.01. The number of carbonyl (C=O) groups is 2. The SMILES string of the molecule is CCn1nnnc1SC=CC1(C(=O)O)CS[C@@H]2C(N)C(=O)N2C1. The number of aliphatic carboxylic acids is 1. The Bertz CT molecular complexity index is 665. The summed E-state index contributed by atoms with van der Waals surface area (Å²) >= 11 is 2.66. The van der Waals surface area contributed by atoms with Crippen molar-refractivity contribution in [2.24, 2.45) is 11.1 Å². The van der Waals surface area contributed by atoms with Crippen LogP contribution >= 0.6 is 23.5 Å². The van der Waals surface area contributed by atoms with Crippen molar-refractivity contribution < 1.29 is 14.7 Å². The van der Waals surface area contributed by atoms with E-state index in [4.69, 9.17) is 5.73 Å². The lowest BCUT2D eigenvalue weighted by Crippen LogP contribution is -2.71. The topological polar surface area (TPSA) is 127 Å². The lowest BCUT2D eigenvalue weighted by atomic mass is 9.87. The molecule has 0 saturated carbocycles. The highest BCUT2D eigenvalue weighted by Crippen LogP contribution is 2.42. The zero-order valence-corrected chi connectivity index (χ0v) is 14.0. The van der Waals surface area contributed by atoms with Crippen LogP contribution in [-0.4, -0.2) is 65.8 Å². The summed E-state index contributed by atoms with van der Waals surface area (Å²) in [7, 11) is 0. The second-order valence-corrected chi connectivity index (χ2v) is 7.33. The van der Waals surface area contributed by atoms with Gasteiger partial charge in [-0.25, -0.2) is 4.68 Å². The highest BCUT2D eigenvalue weighted by atomic mass is 32.2. The van der Waals surface area contributed by atoms with Crippen LogP contribution in [0.2, 0.25) is 0 Å². The molecule has 2 unspecified atom stereocenters. The molecule has 2 aliphatic rings. The Morgan fingerprint density at radius 1 is 1.65 bits per heavy atom. The molecule has 0 bridgehead atoms. The summed E-state index contributed by atoms with van der Waals surface area (Å²) < 4.78 is 1.62. The van der Waals surface area contributed by atoms with E-state index in [1.165, 1.54) is 28.4 Å². The van der Waals surface area contributed by atoms with Crippen molar-refractivity contribution in [3.05, 3.63) is 11.5 Å². The van der Waals surface area contributed by atoms with Gasteiger partial charge >= 0.3 is 5.97 Å². The molecule has 0 aliphatic carbocycles. The number of tetrazole rings is 1. The van der Waals surface area contributed by atoms with E-state index in [0.717, 1.165) is 0 Å². The third-order valence-electron chi connectivity index (χ3n) is 3.93. The van der Waals surface area contributed by atoms with Crippen LogP contribution in [0.25, 0.3) is 0 Å². The number of β-lactam (4-membered cyclic amide) rings is 1. The maximum Gasteiger partial charge on any atom is 0.316 e. The number of fused-ring (bicyclic) bond motifs is 1. The predicted octanol–water partition coefficient (Wildman–Crippen LogP) is -0.388. The van der Waals surface area contributed by atoms with Gasteiger partial charge in [0, 0.05) is 18.8 Å². The number of carbonyl (C=O) groups excluding carboxylic acids is 1. The van der Waals surface area contributed by atoms with Crippen LogP contribution in [0, 0.1) is 5.41 Å². The monoisotopic (exact) mass is 356 g/mol. The summed E-state index contributed by atoms with van der Waals surface area (Å²) in [6.45, 7) is 2.69. The summed E-state index contributed by atoms with van der Waals surface area (Å²) in [6.07, 6.45) is 1.62. The molecule has 3 rings (SSSR count). The first-order valence-corrected chi connectivity index (χ1v) is 8.93. The second-order valence-electron chi connectivity index (χ2n) is 5.35. The number of aromatic nitrogens is 4. The standard InChI is InChI=1S/C12H16N6O3S2/c1-2-18-11(14-15-16-18)22-4-3-12(10(20)21)5-17-8(19)7(13)9(17)23-6-12/h3-4,7,9H,2,5-6,13H2,1H3,(H,20,21)/t7?,9-,12?/m1/s1. The Balaban J connectivity index is 1.73. The number of thioether (sulfide) groups is 2. The molecule has 1 aromatic heterocycles. The van der Waals surface area contributed by atoms with Crippen LogP contribution in [0.1, 0.15) is 6.92 Å². The van der Waals surface area contributed by atoms with Crippen molar-refractivity contribution in [2.45, 2.75) is 30.0 Å². The van der Waals surface area contributed by atoms with E-state index in [-0.39, 0.29) is 17.8 Å². The summed E-state index contributed by atoms with van der Waals surface area (Å²) in [5, 5.41) is 23.1. The van der Waals surface area contributed by atoms with Gasteiger partial charge in [-0.3, -0.25) is 9.59 Å². The third-order valence-corrected chi connectivity index (χ3v) is 6.28. The van der Waals surface area contributed by atoms with E-state index < -0.39 is 17.4 Å². The van der Waals surface area contributed by atoms with E-state index >= 15 is 0 Å². The second kappa shape index (κ2) is 6.13. The molecule has 23 heavy (non-hydrogen) atoms. The van der Waals surface area contributed by atoms with Crippen LogP contribution < -0.4 is 5.73 Å². The van der Waals surface area contributed by atoms with Crippen molar-refractivity contribution in [3.63, 3.8) is 0 Å². The highest BCUT2D eigenvalue weighted by Gasteiger charge is 2.54. The summed E-state index contributed by atoms with van der Waals surface area (Å²) in [6, 6.07) is -0.515. The van der Waals surface area contributed by atoms with Gasteiger partial charge in [0.15, 0.2) is 0 Å². The Labute approximate surface area is 140 Å². The molecule has 3 heterocycles. The van der Waals surface area contributed by atoms with Crippen molar-refractivity contribution in [1.82, 2.24) is 25.1 Å². The van der Waals surface area contributed by atoms with Gasteiger partial charge in [0.05, 0.1) is 0 Å². The Kier molecular flexibility index (Phi) is 4.34. The number of aryl methyl sites for hydroxylation is 1. The summed E-state index contributed by atoms with van der Waals surface area (Å²) in [5.74, 6) is -0.771. The van der Waals surface area contributed by atoms with Gasteiger partial charge in [0.1, 0.15) is 16.8 Å². The van der Waals surface area contributed by atoms with Crippen LogP contribution in [0.3, 0.4) is 0 Å². The van der Waals surface area contributed by atoms with Gasteiger partial charge < -0.3 is 15.7 Å². The number of carboxylic acid groups (broad SMARTS) is 1. The minimum absolute atomic E-state index is 0.108. The first-order valence-electron chi connectivity index (χ1n) is 7.00. The number of nitrogens with two attached hydrogens (primary N) is 1. The van der Waals surface area contributed by atoms with Gasteiger partial charge in [-0.1, -0.05) is 17.8 Å². The molecule has 2 fully saturated rings. The molecule has 124 valence electrons. The van der Waals surface area contributed by atoms with Gasteiger partial charge in [0.2, 0.25) is 11.1 Å². The van der Waals surface area contributed by atoms with Gasteiger partial charge in [-0.05, 0) is 22.8 Å². The molecule has 2 saturated heterocycles. The normalized spacial score (nSPS) is 30.3. The third kappa shape index (κ3) is 2.72. The number of hydrogen-bond donors (Lipinski definition) is 2. The quantitative estimate of drug-likeness (QED) is 0.535. The Morgan fingerprint density at radius 2 is 2.43 bits per heavy atom. The van der Waals surface area contributed by atoms with Crippen molar-refractivity contribution in [2.75, 3.05) is 12.3 Å². The zero-order valence-electron chi connectivity index (χ0n) is 12.3. The van der Waals surface area contributed by atoms with E-state index in [1.807, 2.05) is 6.92 Å². The lowest BCUT2D eigenvalue weighted by Gasteiger charge is -2.52. The molecule has 1 aromatic rings. The molecule has 3 atom stereocenters. The van der Waals surface area contributed by atoms with Crippen molar-refractivity contribution in [1.29, 1.82) is 0 Å². The van der Waals surface area contributed by atoms with E-state index in [2.05, 4.69) is 15.5 Å². The fourth-order valence-corrected chi connectivity index (χ4v) is 4.78. The molecule has 9 nitrogen and oxygen atoms in total. The minimum atomic E-state index is -1.12. The lowest BCUT2D eigenvalue weighted by molar-refractivity contribution is -0.153. The Hall–Kier alpha value is -1.59. The van der Waals surface area contributed by atoms with Crippen molar-refractivity contribution in [3.8, 4) is 0 Å². The molecule has 0 aromatic carbocycles. The molecule has 0 spiro atoms. The van der Waals surface area contributed by atoms with Crippen LogP contribution in [0.15, 0.2) is 16.6 Å². The first-order chi connectivity index (χ1) is 11.0. The summed E-state index contributed by atoms with van der Waals surface area (Å²) in [5.41, 5.74) is 4.61. The molecule has 1 amide bonds. The molecule has 3 N–H and O–H groups in total. The molecular formula is C12H16N6O3S2. The summed E-state index contributed by atoms with van der Waals surface area (Å²) in [4.78, 5) is 25.1. The van der Waals surface area contributed by atoms with Gasteiger partial charge in [0.25, 0.3) is 0 Å². The number of amides is 1. The van der Waals surface area contributed by atoms with Crippen LogP contribution in [0.5, 0.6) is 0 Å². The Morgan fingerprint density at radius 3 is 3.13 bits per heavy atom. The largest absolute Gasteiger partial charge is 0.481 e. The average molecular weight is 356 g/mol. The molecular weight excluding hydrogens is 340 g/mol. The van der Waals surface area contributed by atoms with E-state index in [0.29, 0.717) is 17.5 Å². The van der Waals surface area contributed by atoms with E-state index in [1.54, 1.807) is 16.2 Å². The molecule has 2 aliphatic heterocycles. The molecule has 0 radical (unpaired) electrons. The fraction of sp³-hybridized carbons (Fsp3) is 0.583. The zero-order chi connectivity index (χ0) is 16.6. The molecule has 11 heteroatoms. The maximum absolute atomic E-state index is 11.8. The van der Waals surface area contributed by atoms with Crippen LogP contribution in [0.4, 0.5) is 0 Å². The van der Waals surface area contributed by atoms with Crippen LogP contribution in [-0.2, 0) is 16.1 Å². The minimum Gasteiger partial charge on any atom is -0.481 e. The number of rotatable bonds is 5. The smallest absolute Gasteiger partial charge is 0.316 e. The van der Waals surface area contributed by atoms with E-state index in [9.17, 15) is 14.7 Å². The maximum atomic E-state index is 11.8.